The maximum Gasteiger partial charge on any atom is 0.282 e. The minimum absolute atomic E-state index is 0.159. The maximum atomic E-state index is 13.1. The van der Waals surface area contributed by atoms with Crippen LogP contribution in [0.5, 0.6) is 0 Å². The molecule has 0 radical (unpaired) electrons. The number of nitrogens with zero attached hydrogens (tertiary/aromatic N) is 3. The van der Waals surface area contributed by atoms with Gasteiger partial charge in [0.05, 0.1) is 10.6 Å². The standard InChI is InChI=1S/C18H15FN4O4/c1-21(2)16-8-7-14(23(26)27)9-11(16)10-15-17(24)20-22(18(15)25)13-5-3-12(19)4-6-13/h3-10H,1-2H3,(H,20,24)/b15-10+. The third-order valence-corrected chi connectivity index (χ3v) is 3.98. The average Bonchev–Trinajstić information content (AvgIpc) is 2.90. The van der Waals surface area contributed by atoms with Crippen LogP contribution < -0.4 is 15.3 Å². The lowest BCUT2D eigenvalue weighted by Crippen LogP contribution is -2.35. The fourth-order valence-corrected chi connectivity index (χ4v) is 2.66. The molecule has 1 aliphatic rings. The van der Waals surface area contributed by atoms with Gasteiger partial charge in [0.2, 0.25) is 0 Å². The summed E-state index contributed by atoms with van der Waals surface area (Å²) in [6.45, 7) is 0. The molecule has 0 saturated carbocycles. The molecular formula is C18H15FN4O4. The number of nitro benzene ring substituents is 1. The lowest BCUT2D eigenvalue weighted by molar-refractivity contribution is -0.384. The van der Waals surface area contributed by atoms with E-state index in [1.54, 1.807) is 25.1 Å². The van der Waals surface area contributed by atoms with Crippen LogP contribution in [0.4, 0.5) is 21.5 Å². The molecule has 1 heterocycles. The summed E-state index contributed by atoms with van der Waals surface area (Å²) in [4.78, 5) is 37.1. The highest BCUT2D eigenvalue weighted by molar-refractivity contribution is 6.31. The van der Waals surface area contributed by atoms with Crippen LogP contribution in [0, 0.1) is 15.9 Å². The molecular weight excluding hydrogens is 355 g/mol. The number of hydrogen-bond donors (Lipinski definition) is 1. The van der Waals surface area contributed by atoms with Crippen LogP contribution in [-0.4, -0.2) is 30.8 Å². The summed E-state index contributed by atoms with van der Waals surface area (Å²) in [6.07, 6.45) is 1.31. The predicted octanol–water partition coefficient (Wildman–Crippen LogP) is 2.26. The molecule has 1 fully saturated rings. The Morgan fingerprint density at radius 2 is 1.81 bits per heavy atom. The van der Waals surface area contributed by atoms with E-state index in [0.717, 1.165) is 5.01 Å². The summed E-state index contributed by atoms with van der Waals surface area (Å²) in [5.41, 5.74) is 3.32. The molecule has 0 aliphatic carbocycles. The highest BCUT2D eigenvalue weighted by Gasteiger charge is 2.34. The van der Waals surface area contributed by atoms with Crippen LogP contribution in [0.2, 0.25) is 0 Å². The van der Waals surface area contributed by atoms with Gasteiger partial charge in [0, 0.05) is 37.5 Å². The molecule has 2 aromatic carbocycles. The van der Waals surface area contributed by atoms with Gasteiger partial charge in [-0.05, 0) is 36.4 Å². The van der Waals surface area contributed by atoms with Crippen molar-refractivity contribution < 1.29 is 18.9 Å². The van der Waals surface area contributed by atoms with E-state index in [2.05, 4.69) is 5.43 Å². The van der Waals surface area contributed by atoms with E-state index in [-0.39, 0.29) is 11.3 Å². The van der Waals surface area contributed by atoms with E-state index in [9.17, 15) is 24.1 Å². The zero-order valence-corrected chi connectivity index (χ0v) is 14.5. The van der Waals surface area contributed by atoms with Crippen molar-refractivity contribution in [2.75, 3.05) is 24.0 Å². The molecule has 2 amide bonds. The summed E-state index contributed by atoms with van der Waals surface area (Å²) < 4.78 is 13.1. The van der Waals surface area contributed by atoms with Crippen LogP contribution >= 0.6 is 0 Å². The van der Waals surface area contributed by atoms with E-state index < -0.39 is 22.6 Å². The van der Waals surface area contributed by atoms with E-state index >= 15 is 0 Å². The zero-order valence-electron chi connectivity index (χ0n) is 14.5. The van der Waals surface area contributed by atoms with Crippen molar-refractivity contribution in [2.45, 2.75) is 0 Å². The molecule has 0 bridgehead atoms. The molecule has 3 rings (SSSR count). The molecule has 0 spiro atoms. The normalized spacial score (nSPS) is 15.2. The maximum absolute atomic E-state index is 13.1. The Morgan fingerprint density at radius 1 is 1.15 bits per heavy atom. The number of non-ortho nitro benzene ring substituents is 1. The highest BCUT2D eigenvalue weighted by Crippen LogP contribution is 2.28. The average molecular weight is 370 g/mol. The third kappa shape index (κ3) is 3.47. The summed E-state index contributed by atoms with van der Waals surface area (Å²) in [5.74, 6) is -1.76. The minimum atomic E-state index is -0.652. The Kier molecular flexibility index (Phi) is 4.59. The molecule has 1 aliphatic heterocycles. The molecule has 0 unspecified atom stereocenters. The van der Waals surface area contributed by atoms with E-state index in [4.69, 9.17) is 0 Å². The molecule has 138 valence electrons. The second-order valence-corrected chi connectivity index (χ2v) is 6.01. The Bertz CT molecular complexity index is 970. The number of halogens is 1. The lowest BCUT2D eigenvalue weighted by atomic mass is 10.1. The van der Waals surface area contributed by atoms with Gasteiger partial charge < -0.3 is 4.90 Å². The summed E-state index contributed by atoms with van der Waals surface area (Å²) in [7, 11) is 3.48. The number of nitrogens with one attached hydrogen (secondary N) is 1. The first-order chi connectivity index (χ1) is 12.8. The molecule has 9 heteroatoms. The van der Waals surface area contributed by atoms with Crippen LogP contribution in [0.1, 0.15) is 5.56 Å². The van der Waals surface area contributed by atoms with Gasteiger partial charge in [-0.3, -0.25) is 25.1 Å². The molecule has 2 aromatic rings. The molecule has 1 N–H and O–H groups in total. The number of carbonyl (C=O) groups excluding carboxylic acids is 2. The number of rotatable bonds is 4. The Morgan fingerprint density at radius 3 is 2.41 bits per heavy atom. The number of hydrogen-bond acceptors (Lipinski definition) is 5. The van der Waals surface area contributed by atoms with Gasteiger partial charge in [-0.2, -0.15) is 0 Å². The number of anilines is 2. The minimum Gasteiger partial charge on any atom is -0.377 e. The second kappa shape index (κ2) is 6.87. The van der Waals surface area contributed by atoms with E-state index in [1.807, 2.05) is 0 Å². The quantitative estimate of drug-likeness (QED) is 0.385. The van der Waals surface area contributed by atoms with Crippen molar-refractivity contribution in [3.63, 3.8) is 0 Å². The summed E-state index contributed by atoms with van der Waals surface area (Å²) in [6, 6.07) is 9.23. The molecule has 0 aromatic heterocycles. The van der Waals surface area contributed by atoms with Crippen LogP contribution in [-0.2, 0) is 9.59 Å². The van der Waals surface area contributed by atoms with Crippen LogP contribution in [0.15, 0.2) is 48.0 Å². The van der Waals surface area contributed by atoms with Crippen molar-refractivity contribution >= 4 is 35.0 Å². The monoisotopic (exact) mass is 370 g/mol. The van der Waals surface area contributed by atoms with Gasteiger partial charge in [-0.25, -0.2) is 9.40 Å². The Hall–Kier alpha value is -3.75. The number of nitro groups is 1. The van der Waals surface area contributed by atoms with Crippen molar-refractivity contribution in [2.24, 2.45) is 0 Å². The topological polar surface area (TPSA) is 95.8 Å². The lowest BCUT2D eigenvalue weighted by Gasteiger charge is -2.15. The number of benzene rings is 2. The largest absolute Gasteiger partial charge is 0.377 e. The molecule has 1 saturated heterocycles. The summed E-state index contributed by atoms with van der Waals surface area (Å²) in [5, 5.41) is 12.1. The summed E-state index contributed by atoms with van der Waals surface area (Å²) >= 11 is 0. The van der Waals surface area contributed by atoms with Gasteiger partial charge in [-0.1, -0.05) is 0 Å². The van der Waals surface area contributed by atoms with Gasteiger partial charge in [-0.15, -0.1) is 0 Å². The fraction of sp³-hybridized carbons (Fsp3) is 0.111. The van der Waals surface area contributed by atoms with Gasteiger partial charge in [0.25, 0.3) is 17.5 Å². The SMILES string of the molecule is CN(C)c1ccc([N+](=O)[O-])cc1/C=C1\C(=O)NN(c2ccc(F)cc2)C1=O. The zero-order chi connectivity index (χ0) is 19.7. The van der Waals surface area contributed by atoms with Crippen LogP contribution in [0.3, 0.4) is 0 Å². The smallest absolute Gasteiger partial charge is 0.282 e. The number of amides is 2. The van der Waals surface area contributed by atoms with Crippen LogP contribution in [0.25, 0.3) is 6.08 Å². The van der Waals surface area contributed by atoms with Gasteiger partial charge >= 0.3 is 0 Å². The predicted molar refractivity (Wildman–Crippen MR) is 97.4 cm³/mol. The highest BCUT2D eigenvalue weighted by atomic mass is 19.1. The molecule has 27 heavy (non-hydrogen) atoms. The van der Waals surface area contributed by atoms with Crippen molar-refractivity contribution in [3.05, 3.63) is 69.5 Å². The van der Waals surface area contributed by atoms with Gasteiger partial charge in [0.1, 0.15) is 11.4 Å². The first-order valence-corrected chi connectivity index (χ1v) is 7.86. The fourth-order valence-electron chi connectivity index (χ4n) is 2.66. The molecule has 8 nitrogen and oxygen atoms in total. The van der Waals surface area contributed by atoms with E-state index in [0.29, 0.717) is 16.9 Å². The van der Waals surface area contributed by atoms with Gasteiger partial charge in [0.15, 0.2) is 0 Å². The first kappa shape index (κ1) is 18.1. The second-order valence-electron chi connectivity index (χ2n) is 6.01. The molecule has 0 atom stereocenters. The van der Waals surface area contributed by atoms with Crippen molar-refractivity contribution in [3.8, 4) is 0 Å². The third-order valence-electron chi connectivity index (χ3n) is 3.98. The Labute approximate surface area is 153 Å². The first-order valence-electron chi connectivity index (χ1n) is 7.86. The van der Waals surface area contributed by atoms with Crippen molar-refractivity contribution in [1.82, 2.24) is 5.43 Å². The number of carbonyl (C=O) groups is 2. The Balaban J connectivity index is 2.03. The number of hydrazine groups is 1. The van der Waals surface area contributed by atoms with Crippen molar-refractivity contribution in [1.29, 1.82) is 0 Å². The van der Waals surface area contributed by atoms with E-state index in [1.165, 1.54) is 42.5 Å².